The molecule has 0 aliphatic heterocycles. The Bertz CT molecular complexity index is 302. The second-order valence-corrected chi connectivity index (χ2v) is 4.33. The summed E-state index contributed by atoms with van der Waals surface area (Å²) in [6, 6.07) is 2.07. The summed E-state index contributed by atoms with van der Waals surface area (Å²) in [6.07, 6.45) is 2.98. The van der Waals surface area contributed by atoms with Crippen LogP contribution in [0.5, 0.6) is 0 Å². The highest BCUT2D eigenvalue weighted by Gasteiger charge is 1.99. The highest BCUT2D eigenvalue weighted by Crippen LogP contribution is 2.20. The van der Waals surface area contributed by atoms with Crippen molar-refractivity contribution in [3.05, 3.63) is 22.3 Å². The molecule has 0 aliphatic carbocycles. The van der Waals surface area contributed by atoms with Crippen LogP contribution in [-0.2, 0) is 0 Å². The maximum absolute atomic E-state index is 4.32. The number of anilines is 1. The molecule has 15 heavy (non-hydrogen) atoms. The van der Waals surface area contributed by atoms with E-state index in [4.69, 9.17) is 0 Å². The van der Waals surface area contributed by atoms with Gasteiger partial charge in [-0.3, -0.25) is 0 Å². The van der Waals surface area contributed by atoms with Crippen LogP contribution in [0.15, 0.2) is 16.7 Å². The van der Waals surface area contributed by atoms with Gasteiger partial charge in [0.25, 0.3) is 0 Å². The van der Waals surface area contributed by atoms with Crippen molar-refractivity contribution in [1.29, 1.82) is 0 Å². The quantitative estimate of drug-likeness (QED) is 0.781. The Hall–Kier alpha value is -0.610. The number of nitrogens with one attached hydrogen (secondary N) is 2. The van der Waals surface area contributed by atoms with Gasteiger partial charge in [0.15, 0.2) is 0 Å². The molecule has 0 atom stereocenters. The molecule has 0 saturated carbocycles. The molecule has 84 valence electrons. The van der Waals surface area contributed by atoms with Crippen LogP contribution in [0.4, 0.5) is 5.82 Å². The van der Waals surface area contributed by atoms with Gasteiger partial charge in [0.05, 0.1) is 4.47 Å². The third-order valence-electron chi connectivity index (χ3n) is 2.05. The molecule has 0 unspecified atom stereocenters. The van der Waals surface area contributed by atoms with E-state index in [1.165, 1.54) is 5.56 Å². The van der Waals surface area contributed by atoms with Gasteiger partial charge in [-0.25, -0.2) is 4.98 Å². The van der Waals surface area contributed by atoms with E-state index in [1.54, 1.807) is 0 Å². The molecule has 1 rings (SSSR count). The van der Waals surface area contributed by atoms with Gasteiger partial charge in [-0.2, -0.15) is 0 Å². The molecule has 2 N–H and O–H groups in total. The van der Waals surface area contributed by atoms with E-state index < -0.39 is 0 Å². The van der Waals surface area contributed by atoms with E-state index in [2.05, 4.69) is 44.5 Å². The number of halogens is 1. The molecule has 1 aromatic rings. The average Bonchev–Trinajstić information content (AvgIpc) is 2.20. The van der Waals surface area contributed by atoms with Crippen LogP contribution >= 0.6 is 15.9 Å². The predicted octanol–water partition coefficient (Wildman–Crippen LogP) is 2.56. The maximum atomic E-state index is 4.32. The van der Waals surface area contributed by atoms with Crippen molar-refractivity contribution in [2.24, 2.45) is 0 Å². The lowest BCUT2D eigenvalue weighted by Gasteiger charge is -2.08. The fourth-order valence-electron chi connectivity index (χ4n) is 1.26. The lowest BCUT2D eigenvalue weighted by molar-refractivity contribution is 0.688. The lowest BCUT2D eigenvalue weighted by Crippen LogP contribution is -2.17. The normalized spacial score (nSPS) is 10.3. The Balaban J connectivity index is 2.31. The van der Waals surface area contributed by atoms with Crippen molar-refractivity contribution in [2.45, 2.75) is 20.3 Å². The standard InChI is InChI=1S/C11H18BrN3/c1-3-13-5-4-6-14-11-10(12)7-9(2)8-15-11/h7-8,13H,3-6H2,1-2H3,(H,14,15). The molecule has 1 aromatic heterocycles. The van der Waals surface area contributed by atoms with Gasteiger partial charge < -0.3 is 10.6 Å². The molecule has 0 spiro atoms. The zero-order valence-corrected chi connectivity index (χ0v) is 10.9. The molecular formula is C11H18BrN3. The summed E-state index contributed by atoms with van der Waals surface area (Å²) >= 11 is 3.49. The molecule has 0 aliphatic rings. The number of aryl methyl sites for hydroxylation is 1. The van der Waals surface area contributed by atoms with Crippen LogP contribution in [-0.4, -0.2) is 24.6 Å². The first-order valence-electron chi connectivity index (χ1n) is 5.30. The molecule has 0 saturated heterocycles. The average molecular weight is 272 g/mol. The summed E-state index contributed by atoms with van der Waals surface area (Å²) in [4.78, 5) is 4.32. The second-order valence-electron chi connectivity index (χ2n) is 3.48. The van der Waals surface area contributed by atoms with E-state index in [0.29, 0.717) is 0 Å². The molecular weight excluding hydrogens is 254 g/mol. The van der Waals surface area contributed by atoms with Gasteiger partial charge in [0, 0.05) is 12.7 Å². The molecule has 0 amide bonds. The SMILES string of the molecule is CCNCCCNc1ncc(C)cc1Br. The maximum Gasteiger partial charge on any atom is 0.140 e. The fourth-order valence-corrected chi connectivity index (χ4v) is 1.86. The van der Waals surface area contributed by atoms with Crippen LogP contribution in [0.1, 0.15) is 18.9 Å². The van der Waals surface area contributed by atoms with Crippen molar-refractivity contribution in [3.8, 4) is 0 Å². The second kappa shape index (κ2) is 6.80. The van der Waals surface area contributed by atoms with Crippen molar-refractivity contribution in [1.82, 2.24) is 10.3 Å². The van der Waals surface area contributed by atoms with Crippen LogP contribution in [0.2, 0.25) is 0 Å². The Labute approximate surface area is 99.8 Å². The van der Waals surface area contributed by atoms with Crippen LogP contribution in [0.3, 0.4) is 0 Å². The highest BCUT2D eigenvalue weighted by molar-refractivity contribution is 9.10. The third-order valence-corrected chi connectivity index (χ3v) is 2.66. The minimum Gasteiger partial charge on any atom is -0.369 e. The molecule has 0 aromatic carbocycles. The van der Waals surface area contributed by atoms with Crippen LogP contribution in [0.25, 0.3) is 0 Å². The number of aromatic nitrogens is 1. The van der Waals surface area contributed by atoms with E-state index in [0.717, 1.165) is 36.3 Å². The van der Waals surface area contributed by atoms with Gasteiger partial charge in [-0.15, -0.1) is 0 Å². The summed E-state index contributed by atoms with van der Waals surface area (Å²) in [7, 11) is 0. The molecule has 0 bridgehead atoms. The van der Waals surface area contributed by atoms with Crippen molar-refractivity contribution in [3.63, 3.8) is 0 Å². The van der Waals surface area contributed by atoms with E-state index in [9.17, 15) is 0 Å². The van der Waals surface area contributed by atoms with E-state index in [1.807, 2.05) is 13.1 Å². The fraction of sp³-hybridized carbons (Fsp3) is 0.545. The van der Waals surface area contributed by atoms with Gasteiger partial charge in [0.1, 0.15) is 5.82 Å². The highest BCUT2D eigenvalue weighted by atomic mass is 79.9. The minimum absolute atomic E-state index is 0.928. The van der Waals surface area contributed by atoms with Crippen molar-refractivity contribution in [2.75, 3.05) is 25.0 Å². The Morgan fingerprint density at radius 1 is 1.40 bits per heavy atom. The number of pyridine rings is 1. The predicted molar refractivity (Wildman–Crippen MR) is 68.3 cm³/mol. The minimum atomic E-state index is 0.928. The van der Waals surface area contributed by atoms with Crippen molar-refractivity contribution >= 4 is 21.7 Å². The van der Waals surface area contributed by atoms with Gasteiger partial charge in [-0.1, -0.05) is 6.92 Å². The molecule has 4 heteroatoms. The Kier molecular flexibility index (Phi) is 5.65. The van der Waals surface area contributed by atoms with Gasteiger partial charge >= 0.3 is 0 Å². The zero-order chi connectivity index (χ0) is 11.1. The number of hydrogen-bond donors (Lipinski definition) is 2. The summed E-state index contributed by atoms with van der Waals surface area (Å²) in [6.45, 7) is 7.18. The number of hydrogen-bond acceptors (Lipinski definition) is 3. The summed E-state index contributed by atoms with van der Waals surface area (Å²) < 4.78 is 1.03. The first kappa shape index (κ1) is 12.5. The number of rotatable bonds is 6. The Morgan fingerprint density at radius 3 is 2.87 bits per heavy atom. The van der Waals surface area contributed by atoms with Gasteiger partial charge in [-0.05, 0) is 54.0 Å². The molecule has 0 radical (unpaired) electrons. The monoisotopic (exact) mass is 271 g/mol. The van der Waals surface area contributed by atoms with Crippen molar-refractivity contribution < 1.29 is 0 Å². The first-order chi connectivity index (χ1) is 7.24. The van der Waals surface area contributed by atoms with Gasteiger partial charge in [0.2, 0.25) is 0 Å². The van der Waals surface area contributed by atoms with E-state index in [-0.39, 0.29) is 0 Å². The first-order valence-corrected chi connectivity index (χ1v) is 6.10. The molecule has 3 nitrogen and oxygen atoms in total. The summed E-state index contributed by atoms with van der Waals surface area (Å²) in [5.41, 5.74) is 1.17. The third kappa shape index (κ3) is 4.62. The summed E-state index contributed by atoms with van der Waals surface area (Å²) in [5, 5.41) is 6.59. The van der Waals surface area contributed by atoms with E-state index >= 15 is 0 Å². The molecule has 0 fully saturated rings. The van der Waals surface area contributed by atoms with Crippen LogP contribution in [0, 0.1) is 6.92 Å². The summed E-state index contributed by atoms with van der Waals surface area (Å²) in [5.74, 6) is 0.928. The lowest BCUT2D eigenvalue weighted by atomic mass is 10.3. The smallest absolute Gasteiger partial charge is 0.140 e. The largest absolute Gasteiger partial charge is 0.369 e. The topological polar surface area (TPSA) is 37.0 Å². The zero-order valence-electron chi connectivity index (χ0n) is 9.31. The number of nitrogens with zero attached hydrogens (tertiary/aromatic N) is 1. The Morgan fingerprint density at radius 2 is 2.20 bits per heavy atom. The molecule has 1 heterocycles. The van der Waals surface area contributed by atoms with Crippen LogP contribution < -0.4 is 10.6 Å².